The van der Waals surface area contributed by atoms with E-state index >= 15 is 0 Å². The summed E-state index contributed by atoms with van der Waals surface area (Å²) in [6.45, 7) is 0.313. The van der Waals surface area contributed by atoms with Crippen molar-refractivity contribution in [3.8, 4) is 0 Å². The van der Waals surface area contributed by atoms with Gasteiger partial charge in [-0.05, 0) is 19.3 Å². The fourth-order valence-electron chi connectivity index (χ4n) is 2.89. The largest absolute Gasteiger partial charge is 0.481 e. The molecular weight excluding hydrogens is 320 g/mol. The minimum Gasteiger partial charge on any atom is -0.481 e. The number of carbonyl (C=O) groups is 5. The Labute approximate surface area is 137 Å². The van der Waals surface area contributed by atoms with E-state index in [1.165, 1.54) is 5.01 Å². The Bertz CT molecular complexity index is 565. The van der Waals surface area contributed by atoms with E-state index in [2.05, 4.69) is 5.32 Å². The molecule has 0 radical (unpaired) electrons. The molecule has 0 aromatic carbocycles. The summed E-state index contributed by atoms with van der Waals surface area (Å²) in [5.41, 5.74) is 5.77. The molecule has 2 rings (SSSR count). The summed E-state index contributed by atoms with van der Waals surface area (Å²) in [5, 5.41) is 13.3. The van der Waals surface area contributed by atoms with Crippen molar-refractivity contribution in [2.45, 2.75) is 50.2 Å². The van der Waals surface area contributed by atoms with Gasteiger partial charge >= 0.3 is 5.97 Å². The predicted molar refractivity (Wildman–Crippen MR) is 79.0 cm³/mol. The van der Waals surface area contributed by atoms with Crippen molar-refractivity contribution in [1.82, 2.24) is 15.3 Å². The summed E-state index contributed by atoms with van der Waals surface area (Å²) in [4.78, 5) is 58.6. The summed E-state index contributed by atoms with van der Waals surface area (Å²) in [5.74, 6) is -2.72. The minimum atomic E-state index is -1.24. The van der Waals surface area contributed by atoms with E-state index in [1.807, 2.05) is 0 Å². The standard InChI is InChI=1S/C14H20N4O6/c15-9-3-4-11(20)17-5-1-2-10(18(17)14(9)24)13(23)16-8(7-19)6-12(21)22/h7-10H,1-6,15H2,(H,16,23)(H,21,22). The Morgan fingerprint density at radius 2 is 2.08 bits per heavy atom. The number of aldehydes is 1. The van der Waals surface area contributed by atoms with Gasteiger partial charge in [0, 0.05) is 13.0 Å². The van der Waals surface area contributed by atoms with Gasteiger partial charge < -0.3 is 21.0 Å². The summed E-state index contributed by atoms with van der Waals surface area (Å²) in [6.07, 6.45) is 0.898. The molecule has 0 aliphatic carbocycles. The Morgan fingerprint density at radius 1 is 1.38 bits per heavy atom. The van der Waals surface area contributed by atoms with Gasteiger partial charge in [0.05, 0.1) is 18.5 Å². The number of nitrogens with two attached hydrogens (primary N) is 1. The van der Waals surface area contributed by atoms with E-state index in [0.717, 1.165) is 5.01 Å². The van der Waals surface area contributed by atoms with Crippen LogP contribution in [0.2, 0.25) is 0 Å². The molecule has 132 valence electrons. The quantitative estimate of drug-likeness (QED) is 0.490. The van der Waals surface area contributed by atoms with Gasteiger partial charge in [-0.1, -0.05) is 0 Å². The van der Waals surface area contributed by atoms with Gasteiger partial charge in [-0.15, -0.1) is 0 Å². The van der Waals surface area contributed by atoms with Crippen molar-refractivity contribution in [3.63, 3.8) is 0 Å². The van der Waals surface area contributed by atoms with Gasteiger partial charge in [-0.25, -0.2) is 5.01 Å². The van der Waals surface area contributed by atoms with Gasteiger partial charge in [0.2, 0.25) is 11.8 Å². The summed E-state index contributed by atoms with van der Waals surface area (Å²) < 4.78 is 0. The molecule has 2 fully saturated rings. The number of carboxylic acids is 1. The van der Waals surface area contributed by atoms with E-state index in [4.69, 9.17) is 10.8 Å². The maximum absolute atomic E-state index is 12.4. The number of hydrogen-bond donors (Lipinski definition) is 3. The van der Waals surface area contributed by atoms with Crippen LogP contribution in [0.15, 0.2) is 0 Å². The fraction of sp³-hybridized carbons (Fsp3) is 0.643. The second-order valence-corrected chi connectivity index (χ2v) is 5.85. The highest BCUT2D eigenvalue weighted by Gasteiger charge is 2.43. The fourth-order valence-corrected chi connectivity index (χ4v) is 2.89. The lowest BCUT2D eigenvalue weighted by Gasteiger charge is -2.42. The van der Waals surface area contributed by atoms with Crippen LogP contribution in [0.1, 0.15) is 32.1 Å². The molecule has 0 aromatic heterocycles. The Morgan fingerprint density at radius 3 is 2.71 bits per heavy atom. The molecule has 10 nitrogen and oxygen atoms in total. The molecule has 10 heteroatoms. The number of carbonyl (C=O) groups excluding carboxylic acids is 4. The monoisotopic (exact) mass is 340 g/mol. The lowest BCUT2D eigenvalue weighted by molar-refractivity contribution is -0.175. The topological polar surface area (TPSA) is 150 Å². The highest BCUT2D eigenvalue weighted by molar-refractivity contribution is 5.94. The van der Waals surface area contributed by atoms with Crippen LogP contribution in [0.3, 0.4) is 0 Å². The highest BCUT2D eigenvalue weighted by Crippen LogP contribution is 2.24. The van der Waals surface area contributed by atoms with Gasteiger partial charge in [0.1, 0.15) is 12.3 Å². The van der Waals surface area contributed by atoms with Crippen molar-refractivity contribution < 1.29 is 29.1 Å². The first-order valence-electron chi connectivity index (χ1n) is 7.71. The zero-order valence-electron chi connectivity index (χ0n) is 13.0. The summed E-state index contributed by atoms with van der Waals surface area (Å²) in [6, 6.07) is -3.07. The smallest absolute Gasteiger partial charge is 0.305 e. The number of rotatable bonds is 5. The molecule has 4 N–H and O–H groups in total. The minimum absolute atomic E-state index is 0.119. The first-order chi connectivity index (χ1) is 11.3. The number of hydrazine groups is 1. The molecule has 3 atom stereocenters. The normalized spacial score (nSPS) is 25.5. The highest BCUT2D eigenvalue weighted by atomic mass is 16.4. The third-order valence-corrected chi connectivity index (χ3v) is 4.09. The Balaban J connectivity index is 2.19. The molecule has 2 saturated heterocycles. The van der Waals surface area contributed by atoms with E-state index in [0.29, 0.717) is 25.7 Å². The van der Waals surface area contributed by atoms with Crippen LogP contribution in [-0.2, 0) is 24.0 Å². The van der Waals surface area contributed by atoms with E-state index in [-0.39, 0.29) is 18.7 Å². The van der Waals surface area contributed by atoms with E-state index in [1.54, 1.807) is 0 Å². The van der Waals surface area contributed by atoms with Crippen LogP contribution in [0, 0.1) is 0 Å². The second-order valence-electron chi connectivity index (χ2n) is 5.85. The van der Waals surface area contributed by atoms with Crippen molar-refractivity contribution >= 4 is 30.0 Å². The van der Waals surface area contributed by atoms with Crippen LogP contribution in [0.25, 0.3) is 0 Å². The third-order valence-electron chi connectivity index (χ3n) is 4.09. The van der Waals surface area contributed by atoms with E-state index in [9.17, 15) is 24.0 Å². The van der Waals surface area contributed by atoms with Crippen molar-refractivity contribution in [1.29, 1.82) is 0 Å². The molecular formula is C14H20N4O6. The molecule has 0 aromatic rings. The number of aliphatic carboxylic acids is 1. The lowest BCUT2D eigenvalue weighted by Crippen LogP contribution is -2.63. The zero-order valence-corrected chi connectivity index (χ0v) is 13.0. The van der Waals surface area contributed by atoms with Crippen LogP contribution < -0.4 is 11.1 Å². The van der Waals surface area contributed by atoms with E-state index < -0.39 is 42.3 Å². The lowest BCUT2D eigenvalue weighted by atomic mass is 10.1. The summed E-state index contributed by atoms with van der Waals surface area (Å²) >= 11 is 0. The molecule has 24 heavy (non-hydrogen) atoms. The number of fused-ring (bicyclic) bond motifs is 1. The van der Waals surface area contributed by atoms with Crippen LogP contribution in [-0.4, -0.2) is 69.8 Å². The molecule has 2 heterocycles. The first-order valence-corrected chi connectivity index (χ1v) is 7.71. The predicted octanol–water partition coefficient (Wildman–Crippen LogP) is -2.00. The maximum Gasteiger partial charge on any atom is 0.305 e. The molecule has 2 aliphatic heterocycles. The third kappa shape index (κ3) is 3.70. The van der Waals surface area contributed by atoms with Gasteiger partial charge in [0.25, 0.3) is 5.91 Å². The molecule has 0 spiro atoms. The average Bonchev–Trinajstić information content (AvgIpc) is 2.66. The average molecular weight is 340 g/mol. The number of amides is 3. The van der Waals surface area contributed by atoms with Crippen LogP contribution in [0.5, 0.6) is 0 Å². The van der Waals surface area contributed by atoms with Crippen molar-refractivity contribution in [2.24, 2.45) is 5.73 Å². The van der Waals surface area contributed by atoms with Crippen molar-refractivity contribution in [2.75, 3.05) is 6.54 Å². The summed E-state index contributed by atoms with van der Waals surface area (Å²) in [7, 11) is 0. The molecule has 2 aliphatic rings. The Kier molecular flexibility index (Phi) is 5.50. The zero-order chi connectivity index (χ0) is 17.9. The number of nitrogens with zero attached hydrogens (tertiary/aromatic N) is 2. The van der Waals surface area contributed by atoms with Crippen molar-refractivity contribution in [3.05, 3.63) is 0 Å². The molecule has 3 unspecified atom stereocenters. The number of hydrogen-bond acceptors (Lipinski definition) is 6. The first kappa shape index (κ1) is 17.9. The maximum atomic E-state index is 12.4. The molecule has 0 bridgehead atoms. The molecule has 0 saturated carbocycles. The molecule has 3 amide bonds. The SMILES string of the molecule is NC1CCC(=O)N2CCCC(C(=O)NC(C=O)CC(=O)O)N2C1=O. The van der Waals surface area contributed by atoms with Gasteiger partial charge in [-0.2, -0.15) is 0 Å². The number of nitrogens with one attached hydrogen (secondary N) is 1. The second kappa shape index (κ2) is 7.39. The van der Waals surface area contributed by atoms with Gasteiger partial charge in [-0.3, -0.25) is 24.2 Å². The van der Waals surface area contributed by atoms with Crippen LogP contribution in [0.4, 0.5) is 0 Å². The Hall–Kier alpha value is -2.49. The number of carboxylic acid groups (broad SMARTS) is 1. The van der Waals surface area contributed by atoms with Crippen LogP contribution >= 0.6 is 0 Å². The van der Waals surface area contributed by atoms with Gasteiger partial charge in [0.15, 0.2) is 0 Å².